The molecule has 0 saturated carbocycles. The van der Waals surface area contributed by atoms with Gasteiger partial charge >= 0.3 is 39.5 Å². The SMILES string of the molecule is CCCCCCCCCCCCCCCCCCCCCCC(=O)O[C@H](COC(=O)CCCCCCCCCC(C)C)COP(=O)(O)OC[C@@H](O)COP(=O)(O)OC[C@@H](COC(=O)CCCCCCCCC)OC(=O)CCCCCCCCCC. The summed E-state index contributed by atoms with van der Waals surface area (Å²) < 4.78 is 67.9. The Morgan fingerprint density at radius 2 is 0.541 bits per heavy atom. The number of rotatable bonds is 66. The van der Waals surface area contributed by atoms with E-state index in [9.17, 15) is 43.2 Å². The summed E-state index contributed by atoms with van der Waals surface area (Å²) in [6.07, 6.45) is 44.9. The molecule has 0 aliphatic heterocycles. The van der Waals surface area contributed by atoms with Gasteiger partial charge in [-0.3, -0.25) is 37.3 Å². The summed E-state index contributed by atoms with van der Waals surface area (Å²) in [6, 6.07) is 0. The molecule has 0 aromatic rings. The lowest BCUT2D eigenvalue weighted by Crippen LogP contribution is -2.30. The smallest absolute Gasteiger partial charge is 0.462 e. The Morgan fingerprint density at radius 1 is 0.318 bits per heavy atom. The van der Waals surface area contributed by atoms with Gasteiger partial charge in [-0.2, -0.15) is 0 Å². The van der Waals surface area contributed by atoms with Crippen molar-refractivity contribution in [1.29, 1.82) is 0 Å². The number of carbonyl (C=O) groups excluding carboxylic acids is 4. The quantitative estimate of drug-likeness (QED) is 0.0222. The van der Waals surface area contributed by atoms with Crippen LogP contribution in [0.1, 0.15) is 336 Å². The van der Waals surface area contributed by atoms with E-state index in [1.807, 2.05) is 0 Å². The molecule has 0 spiro atoms. The van der Waals surface area contributed by atoms with Gasteiger partial charge in [0.05, 0.1) is 26.4 Å². The maximum atomic E-state index is 13.0. The molecule has 19 heteroatoms. The van der Waals surface area contributed by atoms with Crippen LogP contribution in [0.5, 0.6) is 0 Å². The highest BCUT2D eigenvalue weighted by molar-refractivity contribution is 7.47. The standard InChI is InChI=1S/C66H128O17P2/c1-6-9-12-15-18-20-21-22-23-24-25-26-27-28-29-30-31-36-42-47-52-66(71)83-62(56-77-64(69)50-45-40-37-32-34-38-43-48-59(4)5)58-81-85(74,75)79-54-60(67)53-78-84(72,73)80-57-61(55-76-63(68)49-44-39-33-17-14-11-8-3)82-65(70)51-46-41-35-19-16-13-10-7-2/h59-62,67H,6-58H2,1-5H3,(H,72,73)(H,74,75)/t60-,61+,62+/m0/s1. The van der Waals surface area contributed by atoms with Crippen molar-refractivity contribution in [3.05, 3.63) is 0 Å². The van der Waals surface area contributed by atoms with Crippen molar-refractivity contribution in [2.24, 2.45) is 5.92 Å². The van der Waals surface area contributed by atoms with E-state index in [0.29, 0.717) is 31.6 Å². The number of hydrogen-bond donors (Lipinski definition) is 3. The first-order chi connectivity index (χ1) is 41.0. The summed E-state index contributed by atoms with van der Waals surface area (Å²) in [5.74, 6) is -1.43. The second-order valence-corrected chi connectivity index (χ2v) is 27.2. The maximum absolute atomic E-state index is 13.0. The van der Waals surface area contributed by atoms with Crippen LogP contribution in [0, 0.1) is 5.92 Å². The van der Waals surface area contributed by atoms with Gasteiger partial charge in [-0.15, -0.1) is 0 Å². The van der Waals surface area contributed by atoms with Crippen molar-refractivity contribution < 1.29 is 80.2 Å². The van der Waals surface area contributed by atoms with Crippen LogP contribution >= 0.6 is 15.6 Å². The van der Waals surface area contributed by atoms with Gasteiger partial charge in [0.25, 0.3) is 0 Å². The van der Waals surface area contributed by atoms with E-state index in [-0.39, 0.29) is 25.7 Å². The lowest BCUT2D eigenvalue weighted by molar-refractivity contribution is -0.161. The fourth-order valence-corrected chi connectivity index (χ4v) is 11.5. The van der Waals surface area contributed by atoms with Gasteiger partial charge < -0.3 is 33.8 Å². The zero-order valence-corrected chi connectivity index (χ0v) is 56.5. The molecule has 85 heavy (non-hydrogen) atoms. The molecule has 0 aromatic carbocycles. The molecule has 0 heterocycles. The molecule has 0 rings (SSSR count). The van der Waals surface area contributed by atoms with Crippen LogP contribution in [-0.4, -0.2) is 96.7 Å². The summed E-state index contributed by atoms with van der Waals surface area (Å²) in [4.78, 5) is 72.0. The van der Waals surface area contributed by atoms with Gasteiger partial charge in [-0.25, -0.2) is 9.13 Å². The molecule has 0 radical (unpaired) electrons. The molecule has 5 atom stereocenters. The summed E-state index contributed by atoms with van der Waals surface area (Å²) in [7, 11) is -9.88. The van der Waals surface area contributed by atoms with Crippen LogP contribution in [0.2, 0.25) is 0 Å². The molecule has 0 bridgehead atoms. The second-order valence-electron chi connectivity index (χ2n) is 24.3. The van der Waals surface area contributed by atoms with E-state index in [0.717, 1.165) is 116 Å². The molecule has 0 saturated heterocycles. The zero-order chi connectivity index (χ0) is 62.8. The number of ether oxygens (including phenoxy) is 4. The predicted octanol–water partition coefficient (Wildman–Crippen LogP) is 18.6. The van der Waals surface area contributed by atoms with Gasteiger partial charge in [0, 0.05) is 25.7 Å². The summed E-state index contributed by atoms with van der Waals surface area (Å²) >= 11 is 0. The fraction of sp³-hybridized carbons (Fsp3) is 0.939. The number of phosphoric ester groups is 2. The monoisotopic (exact) mass is 1250 g/mol. The number of carbonyl (C=O) groups is 4. The number of unbranched alkanes of at least 4 members (excludes halogenated alkanes) is 38. The summed E-state index contributed by atoms with van der Waals surface area (Å²) in [5, 5.41) is 10.5. The van der Waals surface area contributed by atoms with Crippen molar-refractivity contribution >= 4 is 39.5 Å². The largest absolute Gasteiger partial charge is 0.472 e. The Bertz CT molecular complexity index is 1650. The average Bonchev–Trinajstić information content (AvgIpc) is 3.55. The molecule has 17 nitrogen and oxygen atoms in total. The van der Waals surface area contributed by atoms with Gasteiger partial charge in [0.1, 0.15) is 19.3 Å². The molecular weight excluding hydrogens is 1130 g/mol. The van der Waals surface area contributed by atoms with E-state index < -0.39 is 97.5 Å². The third kappa shape index (κ3) is 60.7. The van der Waals surface area contributed by atoms with Crippen molar-refractivity contribution in [3.8, 4) is 0 Å². The minimum Gasteiger partial charge on any atom is -0.462 e. The van der Waals surface area contributed by atoms with Gasteiger partial charge in [-0.1, -0.05) is 285 Å². The Kier molecular flexibility index (Phi) is 58.3. The zero-order valence-electron chi connectivity index (χ0n) is 54.7. The molecule has 3 N–H and O–H groups in total. The number of aliphatic hydroxyl groups excluding tert-OH is 1. The molecule has 0 amide bonds. The first-order valence-electron chi connectivity index (χ1n) is 34.6. The normalized spacial score (nSPS) is 14.2. The molecule has 504 valence electrons. The van der Waals surface area contributed by atoms with Gasteiger partial charge in [-0.05, 0) is 31.6 Å². The Hall–Kier alpha value is -1.94. The van der Waals surface area contributed by atoms with Crippen molar-refractivity contribution in [3.63, 3.8) is 0 Å². The van der Waals surface area contributed by atoms with Crippen molar-refractivity contribution in [2.45, 2.75) is 355 Å². The highest BCUT2D eigenvalue weighted by atomic mass is 31.2. The van der Waals surface area contributed by atoms with Crippen LogP contribution in [0.4, 0.5) is 0 Å². The van der Waals surface area contributed by atoms with Gasteiger partial charge in [0.2, 0.25) is 0 Å². The topological polar surface area (TPSA) is 237 Å². The fourth-order valence-electron chi connectivity index (χ4n) is 9.94. The third-order valence-electron chi connectivity index (χ3n) is 15.3. The number of phosphoric acid groups is 2. The molecule has 0 fully saturated rings. The van der Waals surface area contributed by atoms with Crippen molar-refractivity contribution in [2.75, 3.05) is 39.6 Å². The lowest BCUT2D eigenvalue weighted by atomic mass is 10.0. The van der Waals surface area contributed by atoms with E-state index >= 15 is 0 Å². The first kappa shape index (κ1) is 83.1. The van der Waals surface area contributed by atoms with Crippen LogP contribution in [0.3, 0.4) is 0 Å². The summed E-state index contributed by atoms with van der Waals surface area (Å²) in [5.41, 5.74) is 0. The predicted molar refractivity (Wildman–Crippen MR) is 340 cm³/mol. The molecular formula is C66H128O17P2. The Balaban J connectivity index is 5.11. The van der Waals surface area contributed by atoms with Gasteiger partial charge in [0.15, 0.2) is 12.2 Å². The van der Waals surface area contributed by atoms with E-state index in [1.54, 1.807) is 0 Å². The lowest BCUT2D eigenvalue weighted by Gasteiger charge is -2.21. The van der Waals surface area contributed by atoms with Crippen LogP contribution in [-0.2, 0) is 65.4 Å². The van der Waals surface area contributed by atoms with E-state index in [4.69, 9.17) is 37.0 Å². The van der Waals surface area contributed by atoms with Crippen LogP contribution in [0.15, 0.2) is 0 Å². The minimum absolute atomic E-state index is 0.105. The highest BCUT2D eigenvalue weighted by Gasteiger charge is 2.30. The second kappa shape index (κ2) is 59.7. The van der Waals surface area contributed by atoms with Crippen molar-refractivity contribution in [1.82, 2.24) is 0 Å². The van der Waals surface area contributed by atoms with Crippen LogP contribution < -0.4 is 0 Å². The maximum Gasteiger partial charge on any atom is 0.472 e. The van der Waals surface area contributed by atoms with Crippen LogP contribution in [0.25, 0.3) is 0 Å². The molecule has 0 aliphatic carbocycles. The number of aliphatic hydroxyl groups is 1. The Morgan fingerprint density at radius 3 is 0.800 bits per heavy atom. The average molecular weight is 1260 g/mol. The molecule has 0 aliphatic rings. The minimum atomic E-state index is -4.94. The summed E-state index contributed by atoms with van der Waals surface area (Å²) in [6.45, 7) is 7.08. The Labute approximate surface area is 517 Å². The van der Waals surface area contributed by atoms with E-state index in [1.165, 1.54) is 135 Å². The third-order valence-corrected chi connectivity index (χ3v) is 17.2. The van der Waals surface area contributed by atoms with E-state index in [2.05, 4.69) is 34.6 Å². The first-order valence-corrected chi connectivity index (χ1v) is 37.6. The number of hydrogen-bond acceptors (Lipinski definition) is 15. The number of esters is 4. The highest BCUT2D eigenvalue weighted by Crippen LogP contribution is 2.45. The molecule has 2 unspecified atom stereocenters. The molecule has 0 aromatic heterocycles.